The molecule has 2 N–H and O–H groups in total. The number of carbonyl (C=O) groups is 1. The predicted octanol–water partition coefficient (Wildman–Crippen LogP) is 4.11. The molecule has 0 aliphatic carbocycles. The van der Waals surface area contributed by atoms with Gasteiger partial charge in [-0.25, -0.2) is 0 Å². The minimum Gasteiger partial charge on any atom is -0.361 e. The summed E-state index contributed by atoms with van der Waals surface area (Å²) in [5.41, 5.74) is 4.59. The van der Waals surface area contributed by atoms with Crippen molar-refractivity contribution in [3.8, 4) is 0 Å². The molecule has 1 aromatic carbocycles. The van der Waals surface area contributed by atoms with Gasteiger partial charge in [-0.15, -0.1) is 0 Å². The molecule has 6 nitrogen and oxygen atoms in total. The summed E-state index contributed by atoms with van der Waals surface area (Å²) in [6.45, 7) is 11.0. The fraction of sp³-hybridized carbons (Fsp3) is 0.500. The van der Waals surface area contributed by atoms with E-state index >= 15 is 0 Å². The Kier molecular flexibility index (Phi) is 5.69. The lowest BCUT2D eigenvalue weighted by Crippen LogP contribution is -2.48. The number of benzene rings is 1. The highest BCUT2D eigenvalue weighted by Crippen LogP contribution is 2.36. The Morgan fingerprint density at radius 3 is 2.80 bits per heavy atom. The summed E-state index contributed by atoms with van der Waals surface area (Å²) in [6, 6.07) is 8.47. The van der Waals surface area contributed by atoms with Crippen LogP contribution in [-0.4, -0.2) is 27.7 Å². The fourth-order valence-corrected chi connectivity index (χ4v) is 4.54. The molecule has 2 aromatic heterocycles. The number of hydrogen-bond acceptors (Lipinski definition) is 4. The second-order valence-electron chi connectivity index (χ2n) is 9.22. The van der Waals surface area contributed by atoms with Gasteiger partial charge in [-0.2, -0.15) is 0 Å². The van der Waals surface area contributed by atoms with Gasteiger partial charge >= 0.3 is 0 Å². The number of nitrogens with one attached hydrogen (secondary N) is 2. The number of rotatable bonds is 6. The van der Waals surface area contributed by atoms with E-state index in [1.807, 2.05) is 26.8 Å². The predicted molar refractivity (Wildman–Crippen MR) is 118 cm³/mol. The van der Waals surface area contributed by atoms with Gasteiger partial charge in [-0.1, -0.05) is 31.1 Å². The summed E-state index contributed by atoms with van der Waals surface area (Å²) < 4.78 is 7.49. The molecule has 0 spiro atoms. The highest BCUT2D eigenvalue weighted by atomic mass is 16.5. The van der Waals surface area contributed by atoms with Crippen LogP contribution >= 0.6 is 0 Å². The van der Waals surface area contributed by atoms with Gasteiger partial charge in [0, 0.05) is 35.2 Å². The summed E-state index contributed by atoms with van der Waals surface area (Å²) in [5, 5.41) is 12.2. The average Bonchev–Trinajstić information content (AvgIpc) is 3.18. The van der Waals surface area contributed by atoms with Crippen LogP contribution in [0.2, 0.25) is 0 Å². The van der Waals surface area contributed by atoms with Gasteiger partial charge in [-0.3, -0.25) is 10.1 Å². The maximum Gasteiger partial charge on any atom is 0.237 e. The lowest BCUT2D eigenvalue weighted by molar-refractivity contribution is -0.123. The number of nitrogens with zero attached hydrogens (tertiary/aromatic N) is 2. The molecule has 0 saturated heterocycles. The van der Waals surface area contributed by atoms with Crippen molar-refractivity contribution < 1.29 is 9.32 Å². The molecule has 2 atom stereocenters. The van der Waals surface area contributed by atoms with E-state index in [2.05, 4.69) is 58.6 Å². The topological polar surface area (TPSA) is 72.1 Å². The number of amides is 1. The quantitative estimate of drug-likeness (QED) is 0.644. The second-order valence-corrected chi connectivity index (χ2v) is 9.22. The summed E-state index contributed by atoms with van der Waals surface area (Å²) in [6.07, 6.45) is 3.84. The Balaban J connectivity index is 1.78. The van der Waals surface area contributed by atoms with E-state index in [9.17, 15) is 4.79 Å². The largest absolute Gasteiger partial charge is 0.361 e. The van der Waals surface area contributed by atoms with Crippen LogP contribution in [0.15, 0.2) is 35.0 Å². The van der Waals surface area contributed by atoms with Crippen molar-refractivity contribution in [1.82, 2.24) is 20.4 Å². The first-order chi connectivity index (χ1) is 14.3. The Morgan fingerprint density at radius 1 is 1.33 bits per heavy atom. The molecule has 0 radical (unpaired) electrons. The highest BCUT2D eigenvalue weighted by molar-refractivity contribution is 5.90. The van der Waals surface area contributed by atoms with E-state index in [4.69, 9.17) is 4.52 Å². The third-order valence-corrected chi connectivity index (χ3v) is 5.68. The first-order valence-electron chi connectivity index (χ1n) is 10.9. The third kappa shape index (κ3) is 4.15. The number of aromatic nitrogens is 2. The van der Waals surface area contributed by atoms with Gasteiger partial charge in [0.2, 0.25) is 5.91 Å². The minimum absolute atomic E-state index is 0.0691. The summed E-state index contributed by atoms with van der Waals surface area (Å²) in [4.78, 5) is 13.0. The van der Waals surface area contributed by atoms with E-state index < -0.39 is 0 Å². The van der Waals surface area contributed by atoms with E-state index in [-0.39, 0.29) is 24.0 Å². The molecule has 3 heterocycles. The molecule has 6 heteroatoms. The normalized spacial score (nSPS) is 18.9. The Bertz CT molecular complexity index is 1050. The third-order valence-electron chi connectivity index (χ3n) is 5.68. The van der Waals surface area contributed by atoms with Crippen molar-refractivity contribution in [3.05, 3.63) is 53.0 Å². The van der Waals surface area contributed by atoms with E-state index in [0.717, 1.165) is 17.9 Å². The molecule has 2 unspecified atom stereocenters. The molecule has 3 aromatic rings. The smallest absolute Gasteiger partial charge is 0.237 e. The van der Waals surface area contributed by atoms with Crippen LogP contribution in [0, 0.1) is 12.8 Å². The molecule has 0 bridgehead atoms. The van der Waals surface area contributed by atoms with Crippen molar-refractivity contribution >= 4 is 16.8 Å². The zero-order chi connectivity index (χ0) is 21.4. The molecule has 0 fully saturated rings. The van der Waals surface area contributed by atoms with Crippen LogP contribution in [0.4, 0.5) is 0 Å². The molecular weight excluding hydrogens is 376 g/mol. The van der Waals surface area contributed by atoms with Gasteiger partial charge in [0.1, 0.15) is 11.5 Å². The first-order valence-corrected chi connectivity index (χ1v) is 10.9. The van der Waals surface area contributed by atoms with E-state index in [1.54, 1.807) is 0 Å². The molecule has 30 heavy (non-hydrogen) atoms. The molecular formula is C24H32N4O2. The Labute approximate surface area is 178 Å². The number of aryl methyl sites for hydroxylation is 1. The monoisotopic (exact) mass is 408 g/mol. The van der Waals surface area contributed by atoms with Crippen molar-refractivity contribution in [1.29, 1.82) is 0 Å². The van der Waals surface area contributed by atoms with Gasteiger partial charge in [-0.05, 0) is 56.7 Å². The minimum atomic E-state index is -0.253. The first kappa shape index (κ1) is 20.7. The summed E-state index contributed by atoms with van der Waals surface area (Å²) in [7, 11) is 0. The van der Waals surface area contributed by atoms with Crippen molar-refractivity contribution in [2.45, 2.75) is 72.1 Å². The standard InChI is InChI=1S/C24H32N4O2/c1-14(2)9-20-19-7-6-8-22-23(19)17(11-21(26-20)24(29)25-15(3)4)12-28(22)13-18-10-16(5)30-27-18/h6-8,10,12,14-15,20-21,26H,9,11,13H2,1-5H3,(H,25,29). The molecule has 1 aliphatic heterocycles. The van der Waals surface area contributed by atoms with Crippen LogP contribution in [0.25, 0.3) is 10.9 Å². The number of carbonyl (C=O) groups excluding carboxylic acids is 1. The van der Waals surface area contributed by atoms with Gasteiger partial charge < -0.3 is 14.4 Å². The zero-order valence-electron chi connectivity index (χ0n) is 18.5. The maximum absolute atomic E-state index is 13.0. The molecule has 1 aliphatic rings. The van der Waals surface area contributed by atoms with Crippen LogP contribution in [0.5, 0.6) is 0 Å². The van der Waals surface area contributed by atoms with Gasteiger partial charge in [0.25, 0.3) is 0 Å². The van der Waals surface area contributed by atoms with Gasteiger partial charge in [0.15, 0.2) is 0 Å². The van der Waals surface area contributed by atoms with Crippen molar-refractivity contribution in [2.24, 2.45) is 5.92 Å². The zero-order valence-corrected chi connectivity index (χ0v) is 18.5. The van der Waals surface area contributed by atoms with Crippen LogP contribution < -0.4 is 10.6 Å². The highest BCUT2D eigenvalue weighted by Gasteiger charge is 2.31. The van der Waals surface area contributed by atoms with Crippen LogP contribution in [0.1, 0.15) is 62.7 Å². The van der Waals surface area contributed by atoms with Gasteiger partial charge in [0.05, 0.1) is 12.6 Å². The van der Waals surface area contributed by atoms with E-state index in [1.165, 1.54) is 22.0 Å². The summed E-state index contributed by atoms with van der Waals surface area (Å²) >= 11 is 0. The molecule has 4 rings (SSSR count). The van der Waals surface area contributed by atoms with E-state index in [0.29, 0.717) is 18.9 Å². The fourth-order valence-electron chi connectivity index (χ4n) is 4.54. The Hall–Kier alpha value is -2.60. The lowest BCUT2D eigenvalue weighted by atomic mass is 9.94. The van der Waals surface area contributed by atoms with Crippen molar-refractivity contribution in [3.63, 3.8) is 0 Å². The molecule has 1 amide bonds. The second kappa shape index (κ2) is 8.26. The molecule has 160 valence electrons. The van der Waals surface area contributed by atoms with Crippen LogP contribution in [-0.2, 0) is 17.8 Å². The average molecular weight is 409 g/mol. The molecule has 0 saturated carbocycles. The number of hydrogen-bond donors (Lipinski definition) is 2. The maximum atomic E-state index is 13.0. The summed E-state index contributed by atoms with van der Waals surface area (Å²) in [5.74, 6) is 1.41. The van der Waals surface area contributed by atoms with Crippen molar-refractivity contribution in [2.75, 3.05) is 0 Å². The SMILES string of the molecule is Cc1cc(Cn2cc3c4c(cccc42)C(CC(C)C)NC(C(=O)NC(C)C)C3)no1. The lowest BCUT2D eigenvalue weighted by Gasteiger charge is -2.25. The Morgan fingerprint density at radius 2 is 2.13 bits per heavy atom. The van der Waals surface area contributed by atoms with Crippen LogP contribution in [0.3, 0.4) is 0 Å².